The SMILES string of the molecule is C/C(=N\NC(=O)CSc1nnc(-c2ccc(C)cc2)n1-c1ccccc1)c1ccco1. The standard InChI is InChI=1S/C23H21N5O2S/c1-16-10-12-18(13-11-16)22-26-27-23(28(22)19-7-4-3-5-8-19)31-15-21(29)25-24-17(2)20-9-6-14-30-20/h3-14H,15H2,1-2H3,(H,25,29)/b24-17+. The van der Waals surface area contributed by atoms with Gasteiger partial charge in [-0.15, -0.1) is 10.2 Å². The van der Waals surface area contributed by atoms with Crippen LogP contribution in [0.4, 0.5) is 0 Å². The lowest BCUT2D eigenvalue weighted by Crippen LogP contribution is -2.21. The van der Waals surface area contributed by atoms with E-state index in [0.29, 0.717) is 16.6 Å². The molecule has 4 aromatic rings. The molecule has 1 amide bonds. The van der Waals surface area contributed by atoms with Gasteiger partial charge in [-0.1, -0.05) is 59.8 Å². The minimum absolute atomic E-state index is 0.147. The quantitative estimate of drug-likeness (QED) is 0.265. The second-order valence-electron chi connectivity index (χ2n) is 6.84. The van der Waals surface area contributed by atoms with Gasteiger partial charge in [-0.05, 0) is 38.1 Å². The van der Waals surface area contributed by atoms with Crippen molar-refractivity contribution in [1.82, 2.24) is 20.2 Å². The van der Waals surface area contributed by atoms with Crippen LogP contribution in [0.2, 0.25) is 0 Å². The summed E-state index contributed by atoms with van der Waals surface area (Å²) in [5.41, 5.74) is 6.21. The number of carbonyl (C=O) groups is 1. The van der Waals surface area contributed by atoms with Gasteiger partial charge in [0.25, 0.3) is 5.91 Å². The number of nitrogens with zero attached hydrogens (tertiary/aromatic N) is 4. The molecule has 0 fully saturated rings. The van der Waals surface area contributed by atoms with Gasteiger partial charge in [0.15, 0.2) is 11.0 Å². The summed E-state index contributed by atoms with van der Waals surface area (Å²) in [6.07, 6.45) is 1.56. The fraction of sp³-hybridized carbons (Fsp3) is 0.130. The molecule has 8 heteroatoms. The number of thioether (sulfide) groups is 1. The summed E-state index contributed by atoms with van der Waals surface area (Å²) in [4.78, 5) is 12.3. The summed E-state index contributed by atoms with van der Waals surface area (Å²) in [6, 6.07) is 21.5. The van der Waals surface area contributed by atoms with Crippen molar-refractivity contribution in [2.24, 2.45) is 5.10 Å². The normalized spacial score (nSPS) is 11.5. The monoisotopic (exact) mass is 431 g/mol. The van der Waals surface area contributed by atoms with Crippen LogP contribution < -0.4 is 5.43 Å². The number of nitrogens with one attached hydrogen (secondary N) is 1. The summed E-state index contributed by atoms with van der Waals surface area (Å²) in [5.74, 6) is 1.24. The van der Waals surface area contributed by atoms with Crippen molar-refractivity contribution in [3.05, 3.63) is 84.3 Å². The first-order chi connectivity index (χ1) is 15.1. The molecule has 0 saturated carbocycles. The molecule has 7 nitrogen and oxygen atoms in total. The maximum absolute atomic E-state index is 12.3. The third kappa shape index (κ3) is 4.92. The molecule has 0 atom stereocenters. The minimum Gasteiger partial charge on any atom is -0.463 e. The van der Waals surface area contributed by atoms with Gasteiger partial charge < -0.3 is 4.42 Å². The first kappa shape index (κ1) is 20.6. The molecule has 0 bridgehead atoms. The molecule has 0 radical (unpaired) electrons. The zero-order valence-corrected chi connectivity index (χ0v) is 18.0. The van der Waals surface area contributed by atoms with E-state index in [-0.39, 0.29) is 11.7 Å². The highest BCUT2D eigenvalue weighted by Gasteiger charge is 2.17. The summed E-state index contributed by atoms with van der Waals surface area (Å²) in [5, 5.41) is 13.5. The molecule has 2 aromatic heterocycles. The molecule has 1 N–H and O–H groups in total. The fourth-order valence-electron chi connectivity index (χ4n) is 2.91. The molecule has 156 valence electrons. The number of rotatable bonds is 7. The number of aromatic nitrogens is 3. The lowest BCUT2D eigenvalue weighted by atomic mass is 10.1. The van der Waals surface area contributed by atoms with E-state index in [1.54, 1.807) is 25.3 Å². The molecule has 2 heterocycles. The summed E-state index contributed by atoms with van der Waals surface area (Å²) >= 11 is 1.30. The zero-order chi connectivity index (χ0) is 21.6. The van der Waals surface area contributed by atoms with Gasteiger partial charge in [0, 0.05) is 11.3 Å². The fourth-order valence-corrected chi connectivity index (χ4v) is 3.66. The number of para-hydroxylation sites is 1. The number of hydrazone groups is 1. The largest absolute Gasteiger partial charge is 0.463 e. The van der Waals surface area contributed by atoms with E-state index in [2.05, 4.69) is 20.7 Å². The van der Waals surface area contributed by atoms with Crippen LogP contribution in [0.1, 0.15) is 18.2 Å². The minimum atomic E-state index is -0.240. The second-order valence-corrected chi connectivity index (χ2v) is 7.78. The Morgan fingerprint density at radius 1 is 1.06 bits per heavy atom. The van der Waals surface area contributed by atoms with Crippen molar-refractivity contribution in [1.29, 1.82) is 0 Å². The second kappa shape index (κ2) is 9.44. The number of amides is 1. The topological polar surface area (TPSA) is 85.3 Å². The highest BCUT2D eigenvalue weighted by atomic mass is 32.2. The predicted molar refractivity (Wildman–Crippen MR) is 121 cm³/mol. The van der Waals surface area contributed by atoms with E-state index in [1.807, 2.05) is 66.1 Å². The maximum Gasteiger partial charge on any atom is 0.250 e. The van der Waals surface area contributed by atoms with Crippen LogP contribution in [0, 0.1) is 6.92 Å². The molecule has 0 spiro atoms. The highest BCUT2D eigenvalue weighted by Crippen LogP contribution is 2.28. The molecule has 2 aromatic carbocycles. The molecule has 31 heavy (non-hydrogen) atoms. The molecule has 0 aliphatic carbocycles. The van der Waals surface area contributed by atoms with Crippen molar-refractivity contribution in [3.8, 4) is 17.1 Å². The van der Waals surface area contributed by atoms with Crippen molar-refractivity contribution in [2.75, 3.05) is 5.75 Å². The number of carbonyl (C=O) groups excluding carboxylic acids is 1. The number of hydrogen-bond acceptors (Lipinski definition) is 6. The van der Waals surface area contributed by atoms with E-state index in [9.17, 15) is 4.79 Å². The Bertz CT molecular complexity index is 1180. The molecular weight excluding hydrogens is 410 g/mol. The first-order valence-electron chi connectivity index (χ1n) is 9.69. The molecule has 0 aliphatic rings. The lowest BCUT2D eigenvalue weighted by Gasteiger charge is -2.10. The van der Waals surface area contributed by atoms with Crippen LogP contribution in [0.25, 0.3) is 17.1 Å². The van der Waals surface area contributed by atoms with Gasteiger partial charge in [0.05, 0.1) is 12.0 Å². The third-order valence-electron chi connectivity index (χ3n) is 4.52. The highest BCUT2D eigenvalue weighted by molar-refractivity contribution is 7.99. The molecular formula is C23H21N5O2S. The number of hydrogen-bond donors (Lipinski definition) is 1. The van der Waals surface area contributed by atoms with Crippen LogP contribution >= 0.6 is 11.8 Å². The maximum atomic E-state index is 12.3. The van der Waals surface area contributed by atoms with Gasteiger partial charge in [0.1, 0.15) is 11.5 Å². The Hall–Kier alpha value is -3.65. The van der Waals surface area contributed by atoms with Crippen molar-refractivity contribution in [2.45, 2.75) is 19.0 Å². The van der Waals surface area contributed by atoms with Gasteiger partial charge in [-0.3, -0.25) is 9.36 Å². The Labute approximate surface area is 184 Å². The van der Waals surface area contributed by atoms with E-state index in [4.69, 9.17) is 4.42 Å². The Kier molecular flexibility index (Phi) is 6.28. The number of furan rings is 1. The van der Waals surface area contributed by atoms with Gasteiger partial charge in [-0.25, -0.2) is 5.43 Å². The average molecular weight is 432 g/mol. The first-order valence-corrected chi connectivity index (χ1v) is 10.7. The van der Waals surface area contributed by atoms with Gasteiger partial charge >= 0.3 is 0 Å². The molecule has 4 rings (SSSR count). The van der Waals surface area contributed by atoms with E-state index < -0.39 is 0 Å². The van der Waals surface area contributed by atoms with Crippen molar-refractivity contribution >= 4 is 23.4 Å². The van der Waals surface area contributed by atoms with Gasteiger partial charge in [0.2, 0.25) is 0 Å². The predicted octanol–water partition coefficient (Wildman–Crippen LogP) is 4.47. The van der Waals surface area contributed by atoms with Crippen LogP contribution in [-0.4, -0.2) is 32.1 Å². The smallest absolute Gasteiger partial charge is 0.250 e. The zero-order valence-electron chi connectivity index (χ0n) is 17.1. The van der Waals surface area contributed by atoms with E-state index >= 15 is 0 Å². The molecule has 0 saturated heterocycles. The summed E-state index contributed by atoms with van der Waals surface area (Å²) in [6.45, 7) is 3.81. The van der Waals surface area contributed by atoms with Crippen molar-refractivity contribution < 1.29 is 9.21 Å². The van der Waals surface area contributed by atoms with Crippen LogP contribution in [0.15, 0.2) is 87.7 Å². The van der Waals surface area contributed by atoms with E-state index in [0.717, 1.165) is 17.1 Å². The summed E-state index contributed by atoms with van der Waals surface area (Å²) in [7, 11) is 0. The third-order valence-corrected chi connectivity index (χ3v) is 5.44. The van der Waals surface area contributed by atoms with Crippen LogP contribution in [-0.2, 0) is 4.79 Å². The molecule has 0 unspecified atom stereocenters. The number of benzene rings is 2. The average Bonchev–Trinajstić information content (AvgIpc) is 3.47. The molecule has 0 aliphatic heterocycles. The Morgan fingerprint density at radius 3 is 2.55 bits per heavy atom. The Morgan fingerprint density at radius 2 is 1.84 bits per heavy atom. The van der Waals surface area contributed by atoms with Crippen LogP contribution in [0.3, 0.4) is 0 Å². The summed E-state index contributed by atoms with van der Waals surface area (Å²) < 4.78 is 7.22. The van der Waals surface area contributed by atoms with E-state index in [1.165, 1.54) is 17.3 Å². The Balaban J connectivity index is 1.53. The lowest BCUT2D eigenvalue weighted by molar-refractivity contribution is -0.118. The van der Waals surface area contributed by atoms with Crippen LogP contribution in [0.5, 0.6) is 0 Å². The van der Waals surface area contributed by atoms with Gasteiger partial charge in [-0.2, -0.15) is 5.10 Å². The number of aryl methyl sites for hydroxylation is 1. The van der Waals surface area contributed by atoms with Crippen molar-refractivity contribution in [3.63, 3.8) is 0 Å².